The Bertz CT molecular complexity index is 460. The maximum Gasteiger partial charge on any atom is 0.166 e. The summed E-state index contributed by atoms with van der Waals surface area (Å²) in [6.45, 7) is 8.06. The molecule has 0 radical (unpaired) electrons. The second-order valence-electron chi connectivity index (χ2n) is 4.51. The van der Waals surface area contributed by atoms with Gasteiger partial charge in [-0.05, 0) is 49.4 Å². The quantitative estimate of drug-likeness (QED) is 0.655. The highest BCUT2D eigenvalue weighted by atomic mass is 35.5. The van der Waals surface area contributed by atoms with Gasteiger partial charge in [0.05, 0.1) is 0 Å². The molecule has 1 nitrogen and oxygen atoms in total. The van der Waals surface area contributed by atoms with E-state index in [4.69, 9.17) is 11.6 Å². The maximum absolute atomic E-state index is 12.0. The van der Waals surface area contributed by atoms with Gasteiger partial charge in [-0.1, -0.05) is 18.5 Å². The fraction of sp³-hybridized carbons (Fsp3) is 0.462. The number of rotatable bonds is 0. The number of hydrogen-bond acceptors (Lipinski definition) is 1. The van der Waals surface area contributed by atoms with Gasteiger partial charge in [0.1, 0.15) is 0 Å². The molecule has 15 heavy (non-hydrogen) atoms. The van der Waals surface area contributed by atoms with Gasteiger partial charge in [0.2, 0.25) is 0 Å². The van der Waals surface area contributed by atoms with E-state index in [0.717, 1.165) is 39.3 Å². The Hall–Kier alpha value is -0.820. The molecule has 0 N–H and O–H groups in total. The van der Waals surface area contributed by atoms with Crippen molar-refractivity contribution in [1.82, 2.24) is 0 Å². The monoisotopic (exact) mass is 222 g/mol. The van der Waals surface area contributed by atoms with Gasteiger partial charge in [-0.25, -0.2) is 0 Å². The summed E-state index contributed by atoms with van der Waals surface area (Å²) in [6, 6.07) is 0. The molecule has 0 fully saturated rings. The van der Waals surface area contributed by atoms with Gasteiger partial charge in [0.25, 0.3) is 0 Å². The van der Waals surface area contributed by atoms with Crippen molar-refractivity contribution in [3.05, 3.63) is 32.8 Å². The predicted octanol–water partition coefficient (Wildman–Crippen LogP) is 3.64. The Morgan fingerprint density at radius 2 is 1.73 bits per heavy atom. The van der Waals surface area contributed by atoms with Crippen LogP contribution in [0.3, 0.4) is 0 Å². The molecular weight excluding hydrogens is 208 g/mol. The summed E-state index contributed by atoms with van der Waals surface area (Å²) < 4.78 is 0. The molecule has 0 aromatic heterocycles. The van der Waals surface area contributed by atoms with Crippen molar-refractivity contribution >= 4 is 17.4 Å². The number of halogens is 1. The van der Waals surface area contributed by atoms with Crippen LogP contribution in [0.5, 0.6) is 0 Å². The molecular formula is C13H15ClO. The number of carbonyl (C=O) groups excluding carboxylic acids is 1. The van der Waals surface area contributed by atoms with Crippen LogP contribution in [-0.2, 0) is 6.42 Å². The summed E-state index contributed by atoms with van der Waals surface area (Å²) in [5, 5.41) is 0.797. The first kappa shape index (κ1) is 10.7. The topological polar surface area (TPSA) is 17.1 Å². The lowest BCUT2D eigenvalue weighted by Crippen LogP contribution is -2.05. The van der Waals surface area contributed by atoms with Crippen LogP contribution in [0.4, 0.5) is 0 Å². The molecule has 2 rings (SSSR count). The number of fused-ring (bicyclic) bond motifs is 1. The Morgan fingerprint density at radius 3 is 2.33 bits per heavy atom. The van der Waals surface area contributed by atoms with Crippen molar-refractivity contribution < 1.29 is 4.79 Å². The molecule has 1 aliphatic carbocycles. The van der Waals surface area contributed by atoms with Crippen LogP contribution in [0.1, 0.15) is 39.5 Å². The lowest BCUT2D eigenvalue weighted by Gasteiger charge is -2.12. The van der Waals surface area contributed by atoms with Gasteiger partial charge in [-0.15, -0.1) is 0 Å². The van der Waals surface area contributed by atoms with Crippen LogP contribution in [-0.4, -0.2) is 5.78 Å². The third-order valence-electron chi connectivity index (χ3n) is 3.60. The predicted molar refractivity (Wildman–Crippen MR) is 62.9 cm³/mol. The van der Waals surface area contributed by atoms with Gasteiger partial charge >= 0.3 is 0 Å². The van der Waals surface area contributed by atoms with Crippen LogP contribution in [0.15, 0.2) is 0 Å². The highest BCUT2D eigenvalue weighted by Crippen LogP contribution is 2.38. The Labute approximate surface area is 95.4 Å². The Balaban J connectivity index is 2.81. The zero-order valence-electron chi connectivity index (χ0n) is 9.57. The Morgan fingerprint density at radius 1 is 1.13 bits per heavy atom. The minimum absolute atomic E-state index is 0.0948. The Kier molecular flexibility index (Phi) is 2.38. The molecule has 0 spiro atoms. The molecule has 1 aromatic carbocycles. The summed E-state index contributed by atoms with van der Waals surface area (Å²) in [6.07, 6.45) is 0.801. The van der Waals surface area contributed by atoms with Crippen LogP contribution < -0.4 is 0 Å². The number of ketones is 1. The van der Waals surface area contributed by atoms with Crippen LogP contribution in [0.25, 0.3) is 0 Å². The van der Waals surface area contributed by atoms with Gasteiger partial charge in [-0.3, -0.25) is 4.79 Å². The van der Waals surface area contributed by atoms with E-state index in [9.17, 15) is 4.79 Å². The van der Waals surface area contributed by atoms with Gasteiger partial charge in [0.15, 0.2) is 5.78 Å². The van der Waals surface area contributed by atoms with Gasteiger partial charge in [-0.2, -0.15) is 0 Å². The molecule has 0 heterocycles. The van der Waals surface area contributed by atoms with Crippen LogP contribution in [0, 0.1) is 26.7 Å². The SMILES string of the molecule is Cc1c(C)c(Cl)c2c(c1C)C(=O)C(C)C2. The van der Waals surface area contributed by atoms with E-state index in [1.54, 1.807) is 0 Å². The molecule has 1 unspecified atom stereocenters. The smallest absolute Gasteiger partial charge is 0.166 e. The van der Waals surface area contributed by atoms with Crippen LogP contribution >= 0.6 is 11.6 Å². The second-order valence-corrected chi connectivity index (χ2v) is 4.89. The summed E-state index contributed by atoms with van der Waals surface area (Å²) in [4.78, 5) is 12.0. The third-order valence-corrected chi connectivity index (χ3v) is 4.11. The van der Waals surface area contributed by atoms with E-state index in [0.29, 0.717) is 0 Å². The van der Waals surface area contributed by atoms with Crippen molar-refractivity contribution in [3.8, 4) is 0 Å². The summed E-state index contributed by atoms with van der Waals surface area (Å²) in [5.41, 5.74) is 5.34. The molecule has 0 aliphatic heterocycles. The van der Waals surface area contributed by atoms with E-state index < -0.39 is 0 Å². The normalized spacial score (nSPS) is 19.5. The fourth-order valence-corrected chi connectivity index (χ4v) is 2.68. The van der Waals surface area contributed by atoms with Crippen molar-refractivity contribution in [1.29, 1.82) is 0 Å². The highest BCUT2D eigenvalue weighted by molar-refractivity contribution is 6.33. The average Bonchev–Trinajstić information content (AvgIpc) is 2.50. The summed E-state index contributed by atoms with van der Waals surface area (Å²) >= 11 is 6.29. The second kappa shape index (κ2) is 3.34. The van der Waals surface area contributed by atoms with Crippen molar-refractivity contribution in [2.24, 2.45) is 5.92 Å². The lowest BCUT2D eigenvalue weighted by atomic mass is 9.95. The summed E-state index contributed by atoms with van der Waals surface area (Å²) in [5.74, 6) is 0.352. The minimum Gasteiger partial charge on any atom is -0.294 e. The number of hydrogen-bond donors (Lipinski definition) is 0. The van der Waals surface area contributed by atoms with Gasteiger partial charge in [0, 0.05) is 16.5 Å². The molecule has 0 saturated carbocycles. The minimum atomic E-state index is 0.0948. The number of benzene rings is 1. The van der Waals surface area contributed by atoms with E-state index in [2.05, 4.69) is 0 Å². The zero-order chi connectivity index (χ0) is 11.3. The third kappa shape index (κ3) is 1.33. The molecule has 0 bridgehead atoms. The molecule has 0 saturated heterocycles. The van der Waals surface area contributed by atoms with Crippen molar-refractivity contribution in [2.45, 2.75) is 34.1 Å². The van der Waals surface area contributed by atoms with E-state index >= 15 is 0 Å². The molecule has 1 aromatic rings. The molecule has 1 atom stereocenters. The first-order valence-electron chi connectivity index (χ1n) is 5.27. The van der Waals surface area contributed by atoms with Crippen molar-refractivity contribution in [3.63, 3.8) is 0 Å². The highest BCUT2D eigenvalue weighted by Gasteiger charge is 2.32. The zero-order valence-corrected chi connectivity index (χ0v) is 10.3. The molecule has 2 heteroatoms. The van der Waals surface area contributed by atoms with E-state index in [1.165, 1.54) is 0 Å². The standard InChI is InChI=1S/C13H15ClO/c1-6-5-10-11(13(6)15)8(3)7(2)9(4)12(10)14/h6H,5H2,1-4H3. The fourth-order valence-electron chi connectivity index (χ4n) is 2.37. The lowest BCUT2D eigenvalue weighted by molar-refractivity contribution is 0.0945. The van der Waals surface area contributed by atoms with Crippen LogP contribution in [0.2, 0.25) is 5.02 Å². The molecule has 1 aliphatic rings. The number of Topliss-reactive ketones (excluding diaryl/α,β-unsaturated/α-hetero) is 1. The average molecular weight is 223 g/mol. The largest absolute Gasteiger partial charge is 0.294 e. The van der Waals surface area contributed by atoms with Crippen molar-refractivity contribution in [2.75, 3.05) is 0 Å². The van der Waals surface area contributed by atoms with E-state index in [-0.39, 0.29) is 11.7 Å². The first-order chi connectivity index (χ1) is 6.95. The maximum atomic E-state index is 12.0. The summed E-state index contributed by atoms with van der Waals surface area (Å²) in [7, 11) is 0. The molecule has 0 amide bonds. The van der Waals surface area contributed by atoms with Gasteiger partial charge < -0.3 is 0 Å². The molecule has 80 valence electrons. The van der Waals surface area contributed by atoms with E-state index in [1.807, 2.05) is 27.7 Å². The number of carbonyl (C=O) groups is 1. The first-order valence-corrected chi connectivity index (χ1v) is 5.65.